The zero-order chi connectivity index (χ0) is 15.1. The normalized spacial score (nSPS) is 25.1. The molecule has 3 atom stereocenters. The number of likely N-dealkylation sites (tertiary alicyclic amines) is 1. The minimum Gasteiger partial charge on any atom is -0.465 e. The van der Waals surface area contributed by atoms with Gasteiger partial charge in [-0.2, -0.15) is 0 Å². The standard InChI is InChI=1S/C15H31N3O2/c1-6-8-16-13(15(19)20-7-2)10-18-9-12(3)14(11-18)17(4)5/h12-14,16H,6-11H2,1-5H3. The van der Waals surface area contributed by atoms with E-state index in [9.17, 15) is 4.79 Å². The third kappa shape index (κ3) is 5.04. The van der Waals surface area contributed by atoms with Gasteiger partial charge in [0, 0.05) is 25.7 Å². The van der Waals surface area contributed by atoms with E-state index >= 15 is 0 Å². The van der Waals surface area contributed by atoms with Gasteiger partial charge in [-0.05, 0) is 39.9 Å². The van der Waals surface area contributed by atoms with Crippen molar-refractivity contribution in [3.8, 4) is 0 Å². The van der Waals surface area contributed by atoms with Gasteiger partial charge in [0.25, 0.3) is 0 Å². The second-order valence-electron chi connectivity index (χ2n) is 5.99. The molecule has 20 heavy (non-hydrogen) atoms. The number of rotatable bonds is 8. The molecule has 5 nitrogen and oxygen atoms in total. The summed E-state index contributed by atoms with van der Waals surface area (Å²) in [4.78, 5) is 16.7. The molecule has 0 bridgehead atoms. The molecule has 1 fully saturated rings. The van der Waals surface area contributed by atoms with E-state index in [1.165, 1.54) is 0 Å². The first-order valence-electron chi connectivity index (χ1n) is 7.78. The van der Waals surface area contributed by atoms with Gasteiger partial charge in [0.2, 0.25) is 0 Å². The second kappa shape index (κ2) is 8.60. The van der Waals surface area contributed by atoms with E-state index in [2.05, 4.69) is 43.1 Å². The molecule has 1 saturated heterocycles. The number of nitrogens with one attached hydrogen (secondary N) is 1. The number of hydrogen-bond acceptors (Lipinski definition) is 5. The highest BCUT2D eigenvalue weighted by Crippen LogP contribution is 2.20. The minimum absolute atomic E-state index is 0.123. The topological polar surface area (TPSA) is 44.8 Å². The average Bonchev–Trinajstić information content (AvgIpc) is 2.76. The molecule has 0 aromatic carbocycles. The molecule has 1 aliphatic heterocycles. The van der Waals surface area contributed by atoms with Gasteiger partial charge in [0.05, 0.1) is 6.61 Å². The Balaban J connectivity index is 2.54. The SMILES string of the molecule is CCCNC(CN1CC(C)C(N(C)C)C1)C(=O)OCC. The first-order valence-corrected chi connectivity index (χ1v) is 7.78. The lowest BCUT2D eigenvalue weighted by Crippen LogP contribution is -2.47. The van der Waals surface area contributed by atoms with Crippen molar-refractivity contribution in [2.75, 3.05) is 46.9 Å². The third-order valence-corrected chi connectivity index (χ3v) is 3.96. The van der Waals surface area contributed by atoms with Gasteiger partial charge < -0.3 is 15.0 Å². The van der Waals surface area contributed by atoms with Crippen LogP contribution in [0, 0.1) is 5.92 Å². The summed E-state index contributed by atoms with van der Waals surface area (Å²) in [5.74, 6) is 0.515. The van der Waals surface area contributed by atoms with Crippen LogP contribution in [0.1, 0.15) is 27.2 Å². The molecule has 0 aliphatic carbocycles. The van der Waals surface area contributed by atoms with Crippen LogP contribution in [-0.4, -0.2) is 74.7 Å². The van der Waals surface area contributed by atoms with Crippen LogP contribution in [-0.2, 0) is 9.53 Å². The molecule has 0 saturated carbocycles. The van der Waals surface area contributed by atoms with Crippen LogP contribution in [0.15, 0.2) is 0 Å². The summed E-state index contributed by atoms with van der Waals surface area (Å²) in [6.07, 6.45) is 1.02. The number of esters is 1. The average molecular weight is 285 g/mol. The number of nitrogens with zero attached hydrogens (tertiary/aromatic N) is 2. The minimum atomic E-state index is -0.206. The third-order valence-electron chi connectivity index (χ3n) is 3.96. The molecule has 5 heteroatoms. The van der Waals surface area contributed by atoms with Crippen LogP contribution in [0.25, 0.3) is 0 Å². The van der Waals surface area contributed by atoms with Crippen molar-refractivity contribution in [3.63, 3.8) is 0 Å². The molecule has 1 N–H and O–H groups in total. The highest BCUT2D eigenvalue weighted by Gasteiger charge is 2.33. The summed E-state index contributed by atoms with van der Waals surface area (Å²) in [5.41, 5.74) is 0. The van der Waals surface area contributed by atoms with Crippen LogP contribution in [0.3, 0.4) is 0 Å². The van der Waals surface area contributed by atoms with Gasteiger partial charge >= 0.3 is 5.97 Å². The van der Waals surface area contributed by atoms with Gasteiger partial charge in [-0.3, -0.25) is 9.69 Å². The van der Waals surface area contributed by atoms with E-state index in [-0.39, 0.29) is 12.0 Å². The monoisotopic (exact) mass is 285 g/mol. The molecule has 1 aliphatic rings. The molecule has 1 heterocycles. The zero-order valence-corrected chi connectivity index (χ0v) is 13.7. The first-order chi connectivity index (χ1) is 9.49. The molecule has 0 radical (unpaired) electrons. The Kier molecular flexibility index (Phi) is 7.48. The lowest BCUT2D eigenvalue weighted by atomic mass is 10.1. The van der Waals surface area contributed by atoms with E-state index in [0.29, 0.717) is 18.6 Å². The van der Waals surface area contributed by atoms with Gasteiger partial charge in [-0.15, -0.1) is 0 Å². The highest BCUT2D eigenvalue weighted by molar-refractivity contribution is 5.76. The van der Waals surface area contributed by atoms with Crippen molar-refractivity contribution in [1.29, 1.82) is 0 Å². The Morgan fingerprint density at radius 2 is 2.10 bits per heavy atom. The lowest BCUT2D eigenvalue weighted by Gasteiger charge is -2.24. The van der Waals surface area contributed by atoms with E-state index in [0.717, 1.165) is 32.6 Å². The Bertz CT molecular complexity index is 297. The van der Waals surface area contributed by atoms with Gasteiger partial charge in [-0.1, -0.05) is 13.8 Å². The van der Waals surface area contributed by atoms with Gasteiger partial charge in [0.1, 0.15) is 6.04 Å². The highest BCUT2D eigenvalue weighted by atomic mass is 16.5. The zero-order valence-electron chi connectivity index (χ0n) is 13.7. The first kappa shape index (κ1) is 17.4. The van der Waals surface area contributed by atoms with E-state index in [1.807, 2.05) is 6.92 Å². The number of carbonyl (C=O) groups excluding carboxylic acids is 1. The van der Waals surface area contributed by atoms with E-state index in [1.54, 1.807) is 0 Å². The summed E-state index contributed by atoms with van der Waals surface area (Å²) < 4.78 is 5.17. The molecular formula is C15H31N3O2. The van der Waals surface area contributed by atoms with Crippen LogP contribution >= 0.6 is 0 Å². The predicted molar refractivity (Wildman–Crippen MR) is 81.8 cm³/mol. The Hall–Kier alpha value is -0.650. The van der Waals surface area contributed by atoms with Crippen molar-refractivity contribution in [1.82, 2.24) is 15.1 Å². The summed E-state index contributed by atoms with van der Waals surface area (Å²) in [6.45, 7) is 10.4. The summed E-state index contributed by atoms with van der Waals surface area (Å²) in [6, 6.07) is 0.368. The summed E-state index contributed by atoms with van der Waals surface area (Å²) in [5, 5.41) is 3.31. The molecule has 118 valence electrons. The number of hydrogen-bond donors (Lipinski definition) is 1. The van der Waals surface area contributed by atoms with Crippen LogP contribution in [0.4, 0.5) is 0 Å². The van der Waals surface area contributed by atoms with Gasteiger partial charge in [-0.25, -0.2) is 0 Å². The lowest BCUT2D eigenvalue weighted by molar-refractivity contribution is -0.146. The number of ether oxygens (including phenoxy) is 1. The smallest absolute Gasteiger partial charge is 0.324 e. The van der Waals surface area contributed by atoms with E-state index < -0.39 is 0 Å². The van der Waals surface area contributed by atoms with Crippen LogP contribution in [0.2, 0.25) is 0 Å². The predicted octanol–water partition coefficient (Wildman–Crippen LogP) is 0.800. The molecule has 1 rings (SSSR count). The fourth-order valence-corrected chi connectivity index (χ4v) is 2.91. The van der Waals surface area contributed by atoms with Crippen molar-refractivity contribution in [2.45, 2.75) is 39.3 Å². The summed E-state index contributed by atoms with van der Waals surface area (Å²) in [7, 11) is 4.26. The maximum absolute atomic E-state index is 12.0. The number of likely N-dealkylation sites (N-methyl/N-ethyl adjacent to an activating group) is 1. The van der Waals surface area contributed by atoms with Crippen LogP contribution in [0.5, 0.6) is 0 Å². The fourth-order valence-electron chi connectivity index (χ4n) is 2.91. The Morgan fingerprint density at radius 1 is 1.40 bits per heavy atom. The summed E-state index contributed by atoms with van der Waals surface area (Å²) >= 11 is 0. The number of carbonyl (C=O) groups is 1. The Labute approximate surface area is 123 Å². The second-order valence-corrected chi connectivity index (χ2v) is 5.99. The van der Waals surface area contributed by atoms with Crippen molar-refractivity contribution >= 4 is 5.97 Å². The largest absolute Gasteiger partial charge is 0.465 e. The van der Waals surface area contributed by atoms with Crippen molar-refractivity contribution in [3.05, 3.63) is 0 Å². The molecule has 3 unspecified atom stereocenters. The van der Waals surface area contributed by atoms with Crippen molar-refractivity contribution < 1.29 is 9.53 Å². The fraction of sp³-hybridized carbons (Fsp3) is 0.933. The van der Waals surface area contributed by atoms with Crippen molar-refractivity contribution in [2.24, 2.45) is 5.92 Å². The maximum Gasteiger partial charge on any atom is 0.324 e. The molecule has 0 aromatic rings. The molecule has 0 aromatic heterocycles. The van der Waals surface area contributed by atoms with E-state index in [4.69, 9.17) is 4.74 Å². The quantitative estimate of drug-likeness (QED) is 0.668. The molecule has 0 spiro atoms. The maximum atomic E-state index is 12.0. The molecule has 0 amide bonds. The van der Waals surface area contributed by atoms with Gasteiger partial charge in [0.15, 0.2) is 0 Å². The van der Waals surface area contributed by atoms with Crippen LogP contribution < -0.4 is 5.32 Å². The molecular weight excluding hydrogens is 254 g/mol. The Morgan fingerprint density at radius 3 is 2.60 bits per heavy atom.